The smallest absolute Gasteiger partial charge is 0.239 e. The molecule has 0 aliphatic carbocycles. The van der Waals surface area contributed by atoms with E-state index in [0.29, 0.717) is 13.0 Å². The fourth-order valence-corrected chi connectivity index (χ4v) is 2.23. The molecule has 106 valence electrons. The molecule has 1 rings (SSSR count). The van der Waals surface area contributed by atoms with E-state index in [1.807, 2.05) is 26.8 Å². The number of nitrogens with zero attached hydrogens (tertiary/aromatic N) is 1. The van der Waals surface area contributed by atoms with Crippen LogP contribution in [0.15, 0.2) is 24.3 Å². The summed E-state index contributed by atoms with van der Waals surface area (Å²) >= 11 is 0. The zero-order valence-corrected chi connectivity index (χ0v) is 12.0. The van der Waals surface area contributed by atoms with Gasteiger partial charge in [-0.25, -0.2) is 0 Å². The summed E-state index contributed by atoms with van der Waals surface area (Å²) in [5, 5.41) is 9.52. The average molecular weight is 264 g/mol. The molecule has 1 aromatic rings. The van der Waals surface area contributed by atoms with Crippen molar-refractivity contribution in [2.75, 3.05) is 6.54 Å². The highest BCUT2D eigenvalue weighted by Gasteiger charge is 2.24. The molecule has 4 nitrogen and oxygen atoms in total. The third-order valence-corrected chi connectivity index (χ3v) is 3.36. The second kappa shape index (κ2) is 7.14. The zero-order chi connectivity index (χ0) is 14.4. The van der Waals surface area contributed by atoms with Crippen LogP contribution in [0.25, 0.3) is 0 Å². The minimum absolute atomic E-state index is 0.0276. The Morgan fingerprint density at radius 1 is 1.42 bits per heavy atom. The van der Waals surface area contributed by atoms with Gasteiger partial charge in [0.2, 0.25) is 5.91 Å². The van der Waals surface area contributed by atoms with Crippen LogP contribution in [0.1, 0.15) is 45.2 Å². The van der Waals surface area contributed by atoms with Crippen LogP contribution in [0, 0.1) is 0 Å². The van der Waals surface area contributed by atoms with E-state index in [0.717, 1.165) is 12.0 Å². The number of nitrogens with two attached hydrogens (primary N) is 1. The van der Waals surface area contributed by atoms with Crippen LogP contribution in [0.4, 0.5) is 0 Å². The van der Waals surface area contributed by atoms with Crippen molar-refractivity contribution in [3.05, 3.63) is 29.8 Å². The summed E-state index contributed by atoms with van der Waals surface area (Å²) in [6, 6.07) is 6.47. The van der Waals surface area contributed by atoms with E-state index in [-0.39, 0.29) is 17.7 Å². The van der Waals surface area contributed by atoms with E-state index in [2.05, 4.69) is 0 Å². The van der Waals surface area contributed by atoms with Crippen molar-refractivity contribution in [2.24, 2.45) is 5.73 Å². The van der Waals surface area contributed by atoms with Crippen molar-refractivity contribution in [2.45, 2.75) is 45.7 Å². The largest absolute Gasteiger partial charge is 0.508 e. The molecule has 19 heavy (non-hydrogen) atoms. The normalized spacial score (nSPS) is 13.9. The van der Waals surface area contributed by atoms with Crippen LogP contribution in [-0.4, -0.2) is 28.5 Å². The predicted molar refractivity (Wildman–Crippen MR) is 76.8 cm³/mol. The van der Waals surface area contributed by atoms with Gasteiger partial charge in [0.05, 0.1) is 12.1 Å². The first-order valence-electron chi connectivity index (χ1n) is 6.86. The Morgan fingerprint density at radius 2 is 2.11 bits per heavy atom. The van der Waals surface area contributed by atoms with Crippen molar-refractivity contribution in [3.8, 4) is 5.75 Å². The summed E-state index contributed by atoms with van der Waals surface area (Å²) in [4.78, 5) is 14.1. The first-order chi connectivity index (χ1) is 9.01. The van der Waals surface area contributed by atoms with Crippen LogP contribution in [-0.2, 0) is 4.79 Å². The number of carbonyl (C=O) groups is 1. The zero-order valence-electron chi connectivity index (χ0n) is 12.0. The van der Waals surface area contributed by atoms with Gasteiger partial charge in [-0.1, -0.05) is 25.5 Å². The first kappa shape index (κ1) is 15.5. The Hall–Kier alpha value is -1.55. The van der Waals surface area contributed by atoms with Gasteiger partial charge in [0.25, 0.3) is 0 Å². The van der Waals surface area contributed by atoms with Crippen LogP contribution in [0.2, 0.25) is 0 Å². The SMILES string of the molecule is CCC[C@H](N)C(=O)N(CC)C(C)c1cccc(O)c1. The molecule has 0 bridgehead atoms. The Morgan fingerprint density at radius 3 is 2.63 bits per heavy atom. The van der Waals surface area contributed by atoms with E-state index in [1.165, 1.54) is 0 Å². The lowest BCUT2D eigenvalue weighted by Crippen LogP contribution is -2.44. The fourth-order valence-electron chi connectivity index (χ4n) is 2.23. The van der Waals surface area contributed by atoms with Gasteiger partial charge < -0.3 is 15.7 Å². The second-order valence-corrected chi connectivity index (χ2v) is 4.79. The van der Waals surface area contributed by atoms with Crippen LogP contribution in [0.3, 0.4) is 0 Å². The molecule has 0 aromatic heterocycles. The average Bonchev–Trinajstić information content (AvgIpc) is 2.39. The number of aromatic hydroxyl groups is 1. The number of carbonyl (C=O) groups excluding carboxylic acids is 1. The molecule has 1 amide bonds. The minimum Gasteiger partial charge on any atom is -0.508 e. The summed E-state index contributed by atoms with van der Waals surface area (Å²) in [5.74, 6) is 0.186. The topological polar surface area (TPSA) is 66.6 Å². The van der Waals surface area contributed by atoms with Gasteiger partial charge >= 0.3 is 0 Å². The number of phenols is 1. The lowest BCUT2D eigenvalue weighted by atomic mass is 10.0. The number of hydrogen-bond acceptors (Lipinski definition) is 3. The maximum absolute atomic E-state index is 12.3. The molecular weight excluding hydrogens is 240 g/mol. The Kier molecular flexibility index (Phi) is 5.83. The van der Waals surface area contributed by atoms with Gasteiger partial charge in [-0.3, -0.25) is 4.79 Å². The molecule has 3 N–H and O–H groups in total. The Balaban J connectivity index is 2.87. The number of phenolic OH excluding ortho intramolecular Hbond substituents is 1. The lowest BCUT2D eigenvalue weighted by molar-refractivity contribution is -0.134. The molecule has 1 aromatic carbocycles. The van der Waals surface area contributed by atoms with Crippen molar-refractivity contribution < 1.29 is 9.90 Å². The molecule has 0 radical (unpaired) electrons. The van der Waals surface area contributed by atoms with Gasteiger partial charge in [0.1, 0.15) is 5.75 Å². The van der Waals surface area contributed by atoms with E-state index in [4.69, 9.17) is 5.73 Å². The van der Waals surface area contributed by atoms with Gasteiger partial charge in [0, 0.05) is 6.54 Å². The van der Waals surface area contributed by atoms with Gasteiger partial charge in [-0.05, 0) is 38.0 Å². The lowest BCUT2D eigenvalue weighted by Gasteiger charge is -2.30. The Bertz CT molecular complexity index is 420. The standard InChI is InChI=1S/C15H24N2O2/c1-4-7-14(16)15(19)17(5-2)11(3)12-8-6-9-13(18)10-12/h6,8-11,14,18H,4-5,7,16H2,1-3H3/t11?,14-/m0/s1. The number of hydrogen-bond donors (Lipinski definition) is 2. The number of rotatable bonds is 6. The molecule has 1 unspecified atom stereocenters. The summed E-state index contributed by atoms with van der Waals surface area (Å²) in [7, 11) is 0. The summed E-state index contributed by atoms with van der Waals surface area (Å²) < 4.78 is 0. The van der Waals surface area contributed by atoms with E-state index in [9.17, 15) is 9.90 Å². The van der Waals surface area contributed by atoms with Crippen LogP contribution >= 0.6 is 0 Å². The van der Waals surface area contributed by atoms with Gasteiger partial charge in [0.15, 0.2) is 0 Å². The molecule has 0 aliphatic rings. The first-order valence-corrected chi connectivity index (χ1v) is 6.86. The molecule has 0 saturated heterocycles. The van der Waals surface area contributed by atoms with E-state index in [1.54, 1.807) is 23.1 Å². The van der Waals surface area contributed by atoms with Crippen molar-refractivity contribution in [3.63, 3.8) is 0 Å². The number of amides is 1. The summed E-state index contributed by atoms with van der Waals surface area (Å²) in [5.41, 5.74) is 6.83. The molecule has 0 spiro atoms. The summed E-state index contributed by atoms with van der Waals surface area (Å²) in [6.45, 7) is 6.51. The molecule has 0 aliphatic heterocycles. The molecule has 0 fully saturated rings. The fraction of sp³-hybridized carbons (Fsp3) is 0.533. The monoisotopic (exact) mass is 264 g/mol. The maximum atomic E-state index is 12.3. The van der Waals surface area contributed by atoms with Crippen LogP contribution < -0.4 is 5.73 Å². The summed E-state index contributed by atoms with van der Waals surface area (Å²) in [6.07, 6.45) is 1.59. The maximum Gasteiger partial charge on any atom is 0.239 e. The third kappa shape index (κ3) is 3.96. The Labute approximate surface area is 115 Å². The highest BCUT2D eigenvalue weighted by molar-refractivity contribution is 5.82. The van der Waals surface area contributed by atoms with E-state index >= 15 is 0 Å². The van der Waals surface area contributed by atoms with Gasteiger partial charge in [-0.15, -0.1) is 0 Å². The quantitative estimate of drug-likeness (QED) is 0.829. The highest BCUT2D eigenvalue weighted by atomic mass is 16.3. The molecule has 0 heterocycles. The molecule has 4 heteroatoms. The van der Waals surface area contributed by atoms with E-state index < -0.39 is 6.04 Å². The minimum atomic E-state index is -0.440. The second-order valence-electron chi connectivity index (χ2n) is 4.79. The molecular formula is C15H24N2O2. The number of benzene rings is 1. The third-order valence-electron chi connectivity index (χ3n) is 3.36. The number of likely N-dealkylation sites (N-methyl/N-ethyl adjacent to an activating group) is 1. The van der Waals surface area contributed by atoms with Crippen molar-refractivity contribution in [1.82, 2.24) is 4.90 Å². The predicted octanol–water partition coefficient (Wildman–Crippen LogP) is 2.43. The highest BCUT2D eigenvalue weighted by Crippen LogP contribution is 2.24. The molecule has 2 atom stereocenters. The van der Waals surface area contributed by atoms with Crippen molar-refractivity contribution in [1.29, 1.82) is 0 Å². The van der Waals surface area contributed by atoms with Gasteiger partial charge in [-0.2, -0.15) is 0 Å². The van der Waals surface area contributed by atoms with Crippen LogP contribution in [0.5, 0.6) is 5.75 Å². The van der Waals surface area contributed by atoms with Crippen molar-refractivity contribution >= 4 is 5.91 Å². The molecule has 0 saturated carbocycles.